The highest BCUT2D eigenvalue weighted by atomic mass is 19.1. The van der Waals surface area contributed by atoms with Gasteiger partial charge in [0.05, 0.1) is 11.1 Å². The van der Waals surface area contributed by atoms with Crippen LogP contribution >= 0.6 is 0 Å². The number of aliphatic carboxylic acids is 1. The number of carboxylic acid groups (broad SMARTS) is 1. The molecule has 3 aromatic rings. The summed E-state index contributed by atoms with van der Waals surface area (Å²) in [6.45, 7) is 7.43. The number of aryl methyl sites for hydroxylation is 2. The second kappa shape index (κ2) is 9.31. The van der Waals surface area contributed by atoms with Gasteiger partial charge in [-0.3, -0.25) is 14.8 Å². The Morgan fingerprint density at radius 3 is 2.73 bits per heavy atom. The number of pyridine rings is 1. The Hall–Kier alpha value is -3.26. The van der Waals surface area contributed by atoms with Crippen LogP contribution in [0.25, 0.3) is 0 Å². The van der Waals surface area contributed by atoms with Gasteiger partial charge in [-0.05, 0) is 63.4 Å². The van der Waals surface area contributed by atoms with Crippen LogP contribution in [0.15, 0.2) is 42.5 Å². The Balaban J connectivity index is 1.51. The van der Waals surface area contributed by atoms with Crippen LogP contribution in [0, 0.1) is 25.1 Å². The fourth-order valence-corrected chi connectivity index (χ4v) is 4.66. The lowest BCUT2D eigenvalue weighted by Crippen LogP contribution is -2.49. The third kappa shape index (κ3) is 5.06. The van der Waals surface area contributed by atoms with Gasteiger partial charge in [-0.15, -0.1) is 0 Å². The topological polar surface area (TPSA) is 94.1 Å². The number of hydrogen-bond donors (Lipinski definition) is 3. The van der Waals surface area contributed by atoms with Crippen molar-refractivity contribution >= 4 is 17.6 Å². The lowest BCUT2D eigenvalue weighted by atomic mass is 9.72. The van der Waals surface area contributed by atoms with Gasteiger partial charge in [0.25, 0.3) is 0 Å². The number of aromatic nitrogens is 3. The molecule has 1 aliphatic heterocycles. The maximum absolute atomic E-state index is 14.7. The van der Waals surface area contributed by atoms with E-state index in [4.69, 9.17) is 0 Å². The number of halogens is 1. The number of benzene rings is 1. The average Bonchev–Trinajstić information content (AvgIpc) is 3.18. The van der Waals surface area contributed by atoms with Crippen LogP contribution in [0.4, 0.5) is 16.0 Å². The second-order valence-corrected chi connectivity index (χ2v) is 9.15. The number of H-pyrrole nitrogens is 1. The van der Waals surface area contributed by atoms with Crippen molar-refractivity contribution in [3.8, 4) is 0 Å². The molecule has 8 heteroatoms. The molecule has 1 fully saturated rings. The van der Waals surface area contributed by atoms with E-state index < -0.39 is 17.2 Å². The largest absolute Gasteiger partial charge is 0.481 e. The average molecular weight is 452 g/mol. The summed E-state index contributed by atoms with van der Waals surface area (Å²) >= 11 is 0. The fraction of sp³-hybridized carbons (Fsp3) is 0.400. The van der Waals surface area contributed by atoms with E-state index in [0.29, 0.717) is 31.0 Å². The second-order valence-electron chi connectivity index (χ2n) is 9.15. The molecule has 4 rings (SSSR count). The van der Waals surface area contributed by atoms with E-state index in [1.165, 1.54) is 23.3 Å². The maximum atomic E-state index is 14.7. The summed E-state index contributed by atoms with van der Waals surface area (Å²) in [6, 6.07) is 13.0. The quantitative estimate of drug-likeness (QED) is 0.486. The zero-order valence-electron chi connectivity index (χ0n) is 19.2. The minimum Gasteiger partial charge on any atom is -0.481 e. The predicted molar refractivity (Wildman–Crippen MR) is 125 cm³/mol. The summed E-state index contributed by atoms with van der Waals surface area (Å²) in [5.41, 5.74) is 2.46. The molecule has 7 nitrogen and oxygen atoms in total. The molecule has 0 saturated carbocycles. The molecule has 0 aliphatic carbocycles. The van der Waals surface area contributed by atoms with E-state index in [9.17, 15) is 14.3 Å². The molecule has 2 atom stereocenters. The van der Waals surface area contributed by atoms with Gasteiger partial charge in [-0.2, -0.15) is 5.10 Å². The van der Waals surface area contributed by atoms with Gasteiger partial charge in [0, 0.05) is 30.8 Å². The Morgan fingerprint density at radius 2 is 2.06 bits per heavy atom. The summed E-state index contributed by atoms with van der Waals surface area (Å²) in [4.78, 5) is 19.2. The summed E-state index contributed by atoms with van der Waals surface area (Å²) in [6.07, 6.45) is 0.924. The molecular formula is C25H30FN5O2. The van der Waals surface area contributed by atoms with Gasteiger partial charge in [-0.1, -0.05) is 24.3 Å². The Labute approximate surface area is 193 Å². The number of nitrogens with one attached hydrogen (secondary N) is 2. The molecule has 1 saturated heterocycles. The van der Waals surface area contributed by atoms with Gasteiger partial charge in [0.15, 0.2) is 5.82 Å². The van der Waals surface area contributed by atoms with E-state index in [-0.39, 0.29) is 18.2 Å². The smallest absolute Gasteiger partial charge is 0.310 e. The molecule has 174 valence electrons. The van der Waals surface area contributed by atoms with Crippen molar-refractivity contribution in [1.29, 1.82) is 0 Å². The molecule has 0 spiro atoms. The van der Waals surface area contributed by atoms with Crippen LogP contribution < -0.4 is 5.32 Å². The highest BCUT2D eigenvalue weighted by Crippen LogP contribution is 2.39. The molecule has 0 bridgehead atoms. The zero-order valence-corrected chi connectivity index (χ0v) is 19.2. The summed E-state index contributed by atoms with van der Waals surface area (Å²) < 4.78 is 14.7. The molecule has 3 N–H and O–H groups in total. The number of aromatic amines is 1. The number of carbonyl (C=O) groups is 1. The van der Waals surface area contributed by atoms with Crippen LogP contribution in [0.3, 0.4) is 0 Å². The molecule has 1 aromatic carbocycles. The third-order valence-corrected chi connectivity index (χ3v) is 6.66. The Morgan fingerprint density at radius 1 is 1.27 bits per heavy atom. The van der Waals surface area contributed by atoms with Crippen LogP contribution in [-0.2, 0) is 17.8 Å². The van der Waals surface area contributed by atoms with Crippen LogP contribution in [0.1, 0.15) is 42.3 Å². The molecule has 0 unspecified atom stereocenters. The Bertz CT molecular complexity index is 1150. The highest BCUT2D eigenvalue weighted by Gasteiger charge is 2.45. The first kappa shape index (κ1) is 22.9. The molecule has 33 heavy (non-hydrogen) atoms. The van der Waals surface area contributed by atoms with Crippen LogP contribution in [0.5, 0.6) is 0 Å². The molecule has 1 aliphatic rings. The first-order valence-corrected chi connectivity index (χ1v) is 11.2. The highest BCUT2D eigenvalue weighted by molar-refractivity contribution is 5.75. The van der Waals surface area contributed by atoms with Gasteiger partial charge in [0.2, 0.25) is 0 Å². The van der Waals surface area contributed by atoms with E-state index in [2.05, 4.69) is 51.4 Å². The standard InChI is InChI=1S/C25H30FN5O2/c1-16-6-4-5-7-19(16)15-31-11-10-25(24(32)33,13-18(31)3)14-21-20(26)8-9-22(27-21)28-23-12-17(2)29-30-23/h4-9,12,18H,10-11,13-15H2,1-3H3,(H,32,33)(H2,27,28,29,30)/t18-,25-/m1/s1. The fourth-order valence-electron chi connectivity index (χ4n) is 4.66. The van der Waals surface area contributed by atoms with Crippen LogP contribution in [0.2, 0.25) is 0 Å². The first-order chi connectivity index (χ1) is 15.8. The normalized spacial score (nSPS) is 21.2. The molecule has 0 amide bonds. The van der Waals surface area contributed by atoms with E-state index >= 15 is 0 Å². The van der Waals surface area contributed by atoms with Gasteiger partial charge in [0.1, 0.15) is 11.6 Å². The van der Waals surface area contributed by atoms with Crippen molar-refractivity contribution in [1.82, 2.24) is 20.1 Å². The van der Waals surface area contributed by atoms with Crippen molar-refractivity contribution in [2.24, 2.45) is 5.41 Å². The van der Waals surface area contributed by atoms with Crippen molar-refractivity contribution in [3.63, 3.8) is 0 Å². The molecule has 0 radical (unpaired) electrons. The minimum atomic E-state index is -1.06. The lowest BCUT2D eigenvalue weighted by Gasteiger charge is -2.43. The Kier molecular flexibility index (Phi) is 6.47. The number of rotatable bonds is 7. The number of carboxylic acids is 1. The molecular weight excluding hydrogens is 421 g/mol. The number of anilines is 2. The SMILES string of the molecule is Cc1cc(Nc2ccc(F)c(C[C@@]3(C(=O)O)CCN(Cc4ccccc4C)[C@H](C)C3)n2)n[nH]1. The van der Waals surface area contributed by atoms with Crippen molar-refractivity contribution < 1.29 is 14.3 Å². The van der Waals surface area contributed by atoms with Gasteiger partial charge >= 0.3 is 5.97 Å². The van der Waals surface area contributed by atoms with Gasteiger partial charge < -0.3 is 10.4 Å². The van der Waals surface area contributed by atoms with E-state index in [1.807, 2.05) is 25.1 Å². The number of likely N-dealkylation sites (tertiary alicyclic amines) is 1. The van der Waals surface area contributed by atoms with Crippen molar-refractivity contribution in [2.75, 3.05) is 11.9 Å². The summed E-state index contributed by atoms with van der Waals surface area (Å²) in [5, 5.41) is 20.2. The zero-order chi connectivity index (χ0) is 23.6. The molecule has 3 heterocycles. The minimum absolute atomic E-state index is 0.0471. The number of nitrogens with zero attached hydrogens (tertiary/aromatic N) is 3. The van der Waals surface area contributed by atoms with Crippen molar-refractivity contribution in [3.05, 3.63) is 70.8 Å². The van der Waals surface area contributed by atoms with Gasteiger partial charge in [-0.25, -0.2) is 9.37 Å². The van der Waals surface area contributed by atoms with Crippen LogP contribution in [-0.4, -0.2) is 43.7 Å². The maximum Gasteiger partial charge on any atom is 0.310 e. The van der Waals surface area contributed by atoms with Crippen molar-refractivity contribution in [2.45, 2.75) is 52.6 Å². The number of hydrogen-bond acceptors (Lipinski definition) is 5. The third-order valence-electron chi connectivity index (χ3n) is 6.66. The monoisotopic (exact) mass is 451 g/mol. The predicted octanol–water partition coefficient (Wildman–Crippen LogP) is 4.60. The first-order valence-electron chi connectivity index (χ1n) is 11.2. The van der Waals surface area contributed by atoms with E-state index in [1.54, 1.807) is 0 Å². The molecule has 2 aromatic heterocycles. The number of piperidine rings is 1. The van der Waals surface area contributed by atoms with E-state index in [0.717, 1.165) is 12.2 Å². The lowest BCUT2D eigenvalue weighted by molar-refractivity contribution is -0.153. The summed E-state index contributed by atoms with van der Waals surface area (Å²) in [7, 11) is 0. The summed E-state index contributed by atoms with van der Waals surface area (Å²) in [5.74, 6) is -0.381.